The molecule has 1 aliphatic heterocycles. The number of halogens is 3. The number of rotatable bonds is 2. The van der Waals surface area contributed by atoms with Crippen molar-refractivity contribution in [1.82, 2.24) is 4.57 Å². The molecule has 0 saturated heterocycles. The Morgan fingerprint density at radius 2 is 1.90 bits per heavy atom. The van der Waals surface area contributed by atoms with E-state index in [1.165, 1.54) is 11.1 Å². The molecule has 0 unspecified atom stereocenters. The monoisotopic (exact) mass is 405 g/mol. The quantitative estimate of drug-likeness (QED) is 0.753. The van der Waals surface area contributed by atoms with Crippen LogP contribution >= 0.6 is 0 Å². The SMILES string of the molecule is Cn1cc2c3c1C(=O)C(N)=CC3=[N+](Cc1ccccc1)CC2.O=C([O-])C(F)(F)F. The minimum atomic E-state index is -5.19. The maximum Gasteiger partial charge on any atom is 0.430 e. The number of hydrogen-bond donors (Lipinski definition) is 1. The standard InChI is InChI=1S/C18H17N3O.C2HF3O2/c1-20-11-13-7-8-21(10-12-5-3-2-4-6-12)15-9-14(19)18(22)17(20)16(13)15;3-2(4,5)1(6)7/h2-6,9,11,19H,7-8,10H2,1H3;(H,6,7). The Balaban J connectivity index is 0.000000298. The number of hydrogen-bond acceptors (Lipinski definition) is 4. The molecule has 0 atom stereocenters. The summed E-state index contributed by atoms with van der Waals surface area (Å²) in [6.07, 6.45) is -0.328. The summed E-state index contributed by atoms with van der Waals surface area (Å²) < 4.78 is 35.8. The predicted molar refractivity (Wildman–Crippen MR) is 96.2 cm³/mol. The van der Waals surface area contributed by atoms with Crippen LogP contribution in [0.1, 0.15) is 27.2 Å². The van der Waals surface area contributed by atoms with E-state index < -0.39 is 12.1 Å². The number of Topliss-reactive ketones (excluding diaryl/α,β-unsaturated/α-hetero) is 1. The lowest BCUT2D eigenvalue weighted by atomic mass is 9.91. The summed E-state index contributed by atoms with van der Waals surface area (Å²) >= 11 is 0. The molecule has 1 aromatic heterocycles. The van der Waals surface area contributed by atoms with E-state index in [1.807, 2.05) is 23.8 Å². The fourth-order valence-corrected chi connectivity index (χ4v) is 3.46. The van der Waals surface area contributed by atoms with Crippen LogP contribution in [0.2, 0.25) is 0 Å². The van der Waals surface area contributed by atoms with Crippen LogP contribution < -0.4 is 10.8 Å². The van der Waals surface area contributed by atoms with Crippen molar-refractivity contribution in [3.8, 4) is 0 Å². The second-order valence-corrected chi connectivity index (χ2v) is 6.75. The Morgan fingerprint density at radius 3 is 2.48 bits per heavy atom. The molecule has 0 saturated carbocycles. The first-order chi connectivity index (χ1) is 13.6. The summed E-state index contributed by atoms with van der Waals surface area (Å²) in [5.74, 6) is -3.07. The Morgan fingerprint density at radius 1 is 1.28 bits per heavy atom. The van der Waals surface area contributed by atoms with Gasteiger partial charge in [-0.3, -0.25) is 4.79 Å². The highest BCUT2D eigenvalue weighted by Gasteiger charge is 2.36. The maximum absolute atomic E-state index is 12.4. The van der Waals surface area contributed by atoms with Crippen LogP contribution in [0.15, 0.2) is 48.3 Å². The fraction of sp³-hybridized carbons (Fsp3) is 0.250. The molecule has 1 aliphatic carbocycles. The van der Waals surface area contributed by atoms with Crippen LogP contribution in [0.5, 0.6) is 0 Å². The molecule has 9 heteroatoms. The van der Waals surface area contributed by atoms with E-state index in [0.29, 0.717) is 5.70 Å². The van der Waals surface area contributed by atoms with Crippen LogP contribution in [-0.2, 0) is 24.8 Å². The number of carboxylic acid groups (broad SMARTS) is 1. The Bertz CT molecular complexity index is 1030. The van der Waals surface area contributed by atoms with Gasteiger partial charge in [-0.25, -0.2) is 4.58 Å². The zero-order chi connectivity index (χ0) is 21.3. The van der Waals surface area contributed by atoms with Gasteiger partial charge in [-0.2, -0.15) is 13.2 Å². The molecule has 6 nitrogen and oxygen atoms in total. The summed E-state index contributed by atoms with van der Waals surface area (Å²) in [6, 6.07) is 10.4. The van der Waals surface area contributed by atoms with Gasteiger partial charge in [0.15, 0.2) is 6.54 Å². The van der Waals surface area contributed by atoms with Crippen molar-refractivity contribution in [2.45, 2.75) is 19.1 Å². The lowest BCUT2D eigenvalue weighted by Crippen LogP contribution is -2.37. The van der Waals surface area contributed by atoms with Crippen LogP contribution in [0, 0.1) is 0 Å². The average Bonchev–Trinajstić information content (AvgIpc) is 2.99. The third kappa shape index (κ3) is 4.08. The molecule has 2 heterocycles. The van der Waals surface area contributed by atoms with Crippen LogP contribution in [-0.4, -0.2) is 39.3 Å². The molecule has 29 heavy (non-hydrogen) atoms. The van der Waals surface area contributed by atoms with E-state index in [2.05, 4.69) is 35.0 Å². The number of alkyl halides is 3. The predicted octanol–water partition coefficient (Wildman–Crippen LogP) is 0.921. The van der Waals surface area contributed by atoms with E-state index in [9.17, 15) is 18.0 Å². The van der Waals surface area contributed by atoms with Gasteiger partial charge < -0.3 is 20.2 Å². The number of carboxylic acids is 1. The molecular weight excluding hydrogens is 387 g/mol. The van der Waals surface area contributed by atoms with Crippen molar-refractivity contribution in [1.29, 1.82) is 0 Å². The van der Waals surface area contributed by atoms with E-state index in [-0.39, 0.29) is 5.78 Å². The normalized spacial score (nSPS) is 15.3. The van der Waals surface area contributed by atoms with Crippen molar-refractivity contribution in [2.75, 3.05) is 6.54 Å². The Labute approximate surface area is 164 Å². The van der Waals surface area contributed by atoms with Gasteiger partial charge in [-0.1, -0.05) is 30.3 Å². The van der Waals surface area contributed by atoms with Gasteiger partial charge in [0.05, 0.1) is 11.3 Å². The first kappa shape index (κ1) is 20.4. The first-order valence-corrected chi connectivity index (χ1v) is 8.74. The van der Waals surface area contributed by atoms with Gasteiger partial charge in [0, 0.05) is 31.3 Å². The molecule has 2 aliphatic rings. The number of allylic oxidation sites excluding steroid dienone is 2. The molecule has 152 valence electrons. The molecule has 2 N–H and O–H groups in total. The van der Waals surface area contributed by atoms with Crippen molar-refractivity contribution in [2.24, 2.45) is 12.8 Å². The summed E-state index contributed by atoms with van der Waals surface area (Å²) in [7, 11) is 1.92. The Hall–Kier alpha value is -3.36. The highest BCUT2D eigenvalue weighted by Crippen LogP contribution is 2.28. The smallest absolute Gasteiger partial charge is 0.430 e. The molecule has 0 spiro atoms. The van der Waals surface area contributed by atoms with Crippen molar-refractivity contribution >= 4 is 17.5 Å². The summed E-state index contributed by atoms with van der Waals surface area (Å²) in [4.78, 5) is 21.1. The van der Waals surface area contributed by atoms with Gasteiger partial charge in [0.2, 0.25) is 11.5 Å². The van der Waals surface area contributed by atoms with E-state index in [0.717, 1.165) is 36.5 Å². The molecule has 0 bridgehead atoms. The third-order valence-electron chi connectivity index (χ3n) is 4.73. The lowest BCUT2D eigenvalue weighted by Gasteiger charge is -2.18. The number of ketones is 1. The molecular formula is C20H18F3N3O3. The number of aromatic nitrogens is 1. The summed E-state index contributed by atoms with van der Waals surface area (Å²) in [6.45, 7) is 1.78. The highest BCUT2D eigenvalue weighted by molar-refractivity contribution is 6.24. The van der Waals surface area contributed by atoms with Gasteiger partial charge in [0.25, 0.3) is 0 Å². The summed E-state index contributed by atoms with van der Waals surface area (Å²) in [5, 5.41) is 8.78. The highest BCUT2D eigenvalue weighted by atomic mass is 19.4. The zero-order valence-corrected chi connectivity index (χ0v) is 15.5. The number of nitrogens with two attached hydrogens (primary N) is 1. The van der Waals surface area contributed by atoms with Gasteiger partial charge in [-0.15, -0.1) is 0 Å². The molecule has 0 radical (unpaired) electrons. The van der Waals surface area contributed by atoms with Gasteiger partial charge in [0.1, 0.15) is 18.2 Å². The van der Waals surface area contributed by atoms with Gasteiger partial charge >= 0.3 is 6.18 Å². The van der Waals surface area contributed by atoms with Crippen LogP contribution in [0.3, 0.4) is 0 Å². The van der Waals surface area contributed by atoms with Crippen LogP contribution in [0.4, 0.5) is 13.2 Å². The largest absolute Gasteiger partial charge is 0.542 e. The summed E-state index contributed by atoms with van der Waals surface area (Å²) in [5.41, 5.74) is 11.7. The second kappa shape index (κ2) is 7.57. The van der Waals surface area contributed by atoms with E-state index in [1.54, 1.807) is 0 Å². The van der Waals surface area contributed by atoms with Crippen molar-refractivity contribution in [3.63, 3.8) is 0 Å². The topological polar surface area (TPSA) is 91.2 Å². The van der Waals surface area contributed by atoms with Crippen LogP contribution in [0.25, 0.3) is 0 Å². The number of benzene rings is 1. The molecule has 0 amide bonds. The fourth-order valence-electron chi connectivity index (χ4n) is 3.46. The van der Waals surface area contributed by atoms with E-state index >= 15 is 0 Å². The lowest BCUT2D eigenvalue weighted by molar-refractivity contribution is -0.543. The minimum absolute atomic E-state index is 0.0611. The number of carbonyl (C=O) groups excluding carboxylic acids is 2. The zero-order valence-electron chi connectivity index (χ0n) is 15.5. The molecule has 4 rings (SSSR count). The number of nitrogens with zero attached hydrogens (tertiary/aromatic N) is 2. The number of aryl methyl sites for hydroxylation is 1. The third-order valence-corrected chi connectivity index (χ3v) is 4.73. The molecule has 2 aromatic rings. The Kier molecular flexibility index (Phi) is 5.32. The molecule has 0 fully saturated rings. The maximum atomic E-state index is 12.4. The second-order valence-electron chi connectivity index (χ2n) is 6.75. The number of carbonyl (C=O) groups is 2. The van der Waals surface area contributed by atoms with E-state index in [4.69, 9.17) is 15.6 Å². The minimum Gasteiger partial charge on any atom is -0.542 e. The first-order valence-electron chi connectivity index (χ1n) is 8.74. The number of aliphatic carboxylic acids is 1. The van der Waals surface area contributed by atoms with Crippen molar-refractivity contribution < 1.29 is 32.4 Å². The van der Waals surface area contributed by atoms with Gasteiger partial charge in [-0.05, 0) is 5.56 Å². The van der Waals surface area contributed by atoms with Crippen molar-refractivity contribution in [3.05, 3.63) is 70.7 Å². The average molecular weight is 405 g/mol. The molecule has 1 aromatic carbocycles.